The van der Waals surface area contributed by atoms with Gasteiger partial charge in [0, 0.05) is 0 Å². The van der Waals surface area contributed by atoms with E-state index in [9.17, 15) is 4.79 Å². The smallest absolute Gasteiger partial charge is 0.292 e. The normalized spacial score (nSPS) is 11.9. The van der Waals surface area contributed by atoms with E-state index >= 15 is 0 Å². The average Bonchev–Trinajstić information content (AvgIpc) is 3.33. The van der Waals surface area contributed by atoms with E-state index in [4.69, 9.17) is 25.8 Å². The molecule has 0 bridgehead atoms. The molecule has 2 N–H and O–H groups in total. The Labute approximate surface area is 167 Å². The molecule has 0 aliphatic rings. The van der Waals surface area contributed by atoms with Crippen LogP contribution in [0.5, 0.6) is 5.75 Å². The number of nitrogens with zero attached hydrogens (tertiary/aromatic N) is 2. The first-order chi connectivity index (χ1) is 13.6. The summed E-state index contributed by atoms with van der Waals surface area (Å²) in [6, 6.07) is 10.8. The monoisotopic (exact) mass is 403 g/mol. The Morgan fingerprint density at radius 1 is 1.32 bits per heavy atom. The second-order valence-corrected chi connectivity index (χ2v) is 6.58. The van der Waals surface area contributed by atoms with Crippen molar-refractivity contribution in [2.45, 2.75) is 20.0 Å². The quantitative estimate of drug-likeness (QED) is 0.534. The van der Waals surface area contributed by atoms with Crippen LogP contribution in [0.3, 0.4) is 0 Å². The van der Waals surface area contributed by atoms with E-state index in [0.717, 1.165) is 17.9 Å². The van der Waals surface area contributed by atoms with E-state index < -0.39 is 0 Å². The Kier molecular flexibility index (Phi) is 6.62. The van der Waals surface area contributed by atoms with Gasteiger partial charge in [0.15, 0.2) is 19.0 Å². The van der Waals surface area contributed by atoms with Gasteiger partial charge in [-0.25, -0.2) is 0 Å². The minimum Gasteiger partial charge on any atom is -0.495 e. The molecule has 148 valence electrons. The van der Waals surface area contributed by atoms with Crippen LogP contribution in [-0.2, 0) is 11.5 Å². The summed E-state index contributed by atoms with van der Waals surface area (Å²) >= 11 is 5.26. The highest BCUT2D eigenvalue weighted by atomic mass is 32.1. The molecule has 0 radical (unpaired) electrons. The highest BCUT2D eigenvalue weighted by molar-refractivity contribution is 7.71. The van der Waals surface area contributed by atoms with Crippen LogP contribution in [0.1, 0.15) is 13.3 Å². The maximum atomic E-state index is 12.6. The molecule has 9 heteroatoms. The molecule has 0 saturated heterocycles. The molecule has 1 atom stereocenters. The van der Waals surface area contributed by atoms with Crippen molar-refractivity contribution in [1.82, 2.24) is 9.78 Å². The lowest BCUT2D eigenvalue weighted by molar-refractivity contribution is -0.915. The standard InChI is InChI=1S/C19H22N4O4S/c1-3-10-22(12-17(24)20-14-7-4-5-8-15(14)25-2)13-23-19(28)27-18(21-23)16-9-6-11-26-16/h4-9,11H,3,10,12-13H2,1-2H3,(H,20,24)/p+1. The molecule has 28 heavy (non-hydrogen) atoms. The van der Waals surface area contributed by atoms with Gasteiger partial charge in [0.05, 0.1) is 25.6 Å². The molecule has 0 aliphatic carbocycles. The summed E-state index contributed by atoms with van der Waals surface area (Å²) in [5.41, 5.74) is 0.643. The highest BCUT2D eigenvalue weighted by Gasteiger charge is 2.18. The summed E-state index contributed by atoms with van der Waals surface area (Å²) in [5.74, 6) is 1.34. The summed E-state index contributed by atoms with van der Waals surface area (Å²) in [4.78, 5) is 13.8. The van der Waals surface area contributed by atoms with Crippen molar-refractivity contribution in [3.8, 4) is 17.4 Å². The number of benzene rings is 1. The topological polar surface area (TPSA) is 86.9 Å². The fourth-order valence-electron chi connectivity index (χ4n) is 2.86. The van der Waals surface area contributed by atoms with E-state index in [-0.39, 0.29) is 17.3 Å². The lowest BCUT2D eigenvalue weighted by Crippen LogP contribution is -3.12. The highest BCUT2D eigenvalue weighted by Crippen LogP contribution is 2.22. The van der Waals surface area contributed by atoms with Gasteiger partial charge in [0.1, 0.15) is 5.75 Å². The minimum absolute atomic E-state index is 0.116. The van der Waals surface area contributed by atoms with Gasteiger partial charge in [-0.15, -0.1) is 5.10 Å². The summed E-state index contributed by atoms with van der Waals surface area (Å²) in [5, 5.41) is 7.27. The van der Waals surface area contributed by atoms with Crippen molar-refractivity contribution in [2.75, 3.05) is 25.5 Å². The van der Waals surface area contributed by atoms with E-state index in [1.165, 1.54) is 0 Å². The number of hydrogen-bond acceptors (Lipinski definition) is 6. The number of ether oxygens (including phenoxy) is 1. The SMILES string of the molecule is CCC[NH+](CC(=O)Nc1ccccc1OC)Cn1nc(-c2ccco2)oc1=S. The molecule has 1 amide bonds. The van der Waals surface area contributed by atoms with Crippen molar-refractivity contribution in [3.05, 3.63) is 47.5 Å². The number of quaternary nitrogens is 1. The van der Waals surface area contributed by atoms with Gasteiger partial charge in [0.25, 0.3) is 16.6 Å². The molecule has 0 fully saturated rings. The predicted molar refractivity (Wildman–Crippen MR) is 106 cm³/mol. The number of methoxy groups -OCH3 is 1. The first-order valence-corrected chi connectivity index (χ1v) is 9.39. The molecule has 3 aromatic rings. The fourth-order valence-corrected chi connectivity index (χ4v) is 3.05. The number of furan rings is 1. The van der Waals surface area contributed by atoms with Crippen LogP contribution in [0.4, 0.5) is 5.69 Å². The van der Waals surface area contributed by atoms with Crippen LogP contribution >= 0.6 is 12.2 Å². The van der Waals surface area contributed by atoms with E-state index in [2.05, 4.69) is 17.3 Å². The Morgan fingerprint density at radius 3 is 2.86 bits per heavy atom. The molecular weight excluding hydrogens is 380 g/mol. The molecule has 0 spiro atoms. The number of amides is 1. The number of carbonyl (C=O) groups excluding carboxylic acids is 1. The lowest BCUT2D eigenvalue weighted by Gasteiger charge is -2.18. The molecule has 1 aromatic carbocycles. The molecule has 2 aromatic heterocycles. The molecular formula is C19H23N4O4S+. The van der Waals surface area contributed by atoms with Crippen LogP contribution in [0, 0.1) is 4.84 Å². The van der Waals surface area contributed by atoms with E-state index in [1.54, 1.807) is 42.3 Å². The average molecular weight is 403 g/mol. The number of para-hydroxylation sites is 2. The first-order valence-electron chi connectivity index (χ1n) is 8.99. The van der Waals surface area contributed by atoms with Gasteiger partial charge in [-0.2, -0.15) is 4.68 Å². The zero-order chi connectivity index (χ0) is 19.9. The van der Waals surface area contributed by atoms with Crippen LogP contribution < -0.4 is 15.0 Å². The molecule has 0 aliphatic heterocycles. The van der Waals surface area contributed by atoms with Crippen LogP contribution in [0.25, 0.3) is 11.7 Å². The second-order valence-electron chi connectivity index (χ2n) is 6.23. The first kappa shape index (κ1) is 19.8. The van der Waals surface area contributed by atoms with Crippen molar-refractivity contribution in [1.29, 1.82) is 0 Å². The van der Waals surface area contributed by atoms with Crippen molar-refractivity contribution in [3.63, 3.8) is 0 Å². The predicted octanol–water partition coefficient (Wildman–Crippen LogP) is 2.37. The van der Waals surface area contributed by atoms with Gasteiger partial charge in [-0.3, -0.25) is 4.79 Å². The molecule has 8 nitrogen and oxygen atoms in total. The van der Waals surface area contributed by atoms with Crippen molar-refractivity contribution in [2.24, 2.45) is 0 Å². The summed E-state index contributed by atoms with van der Waals surface area (Å²) in [7, 11) is 1.57. The van der Waals surface area contributed by atoms with E-state index in [0.29, 0.717) is 29.8 Å². The maximum absolute atomic E-state index is 12.6. The summed E-state index contributed by atoms with van der Waals surface area (Å²) < 4.78 is 17.7. The number of anilines is 1. The zero-order valence-electron chi connectivity index (χ0n) is 15.8. The van der Waals surface area contributed by atoms with Crippen LogP contribution in [-0.4, -0.2) is 35.9 Å². The Hall–Kier alpha value is -2.91. The fraction of sp³-hybridized carbons (Fsp3) is 0.316. The number of rotatable bonds is 9. The third-order valence-corrected chi connectivity index (χ3v) is 4.40. The van der Waals surface area contributed by atoms with Gasteiger partial charge in [-0.05, 0) is 42.9 Å². The number of aromatic nitrogens is 2. The maximum Gasteiger partial charge on any atom is 0.292 e. The number of hydrogen-bond donors (Lipinski definition) is 2. The summed E-state index contributed by atoms with van der Waals surface area (Å²) in [6.45, 7) is 3.52. The Balaban J connectivity index is 1.68. The van der Waals surface area contributed by atoms with Gasteiger partial charge >= 0.3 is 0 Å². The van der Waals surface area contributed by atoms with Crippen LogP contribution in [0.15, 0.2) is 51.5 Å². The largest absolute Gasteiger partial charge is 0.495 e. The van der Waals surface area contributed by atoms with Gasteiger partial charge in [0.2, 0.25) is 0 Å². The third-order valence-electron chi connectivity index (χ3n) is 4.11. The number of carbonyl (C=O) groups is 1. The van der Waals surface area contributed by atoms with Gasteiger partial charge < -0.3 is 23.8 Å². The van der Waals surface area contributed by atoms with Crippen molar-refractivity contribution < 1.29 is 23.3 Å². The Bertz CT molecular complexity index is 964. The molecule has 0 saturated carbocycles. The van der Waals surface area contributed by atoms with Gasteiger partial charge in [-0.1, -0.05) is 19.1 Å². The summed E-state index contributed by atoms with van der Waals surface area (Å²) in [6.07, 6.45) is 2.46. The zero-order valence-corrected chi connectivity index (χ0v) is 16.6. The minimum atomic E-state index is -0.116. The van der Waals surface area contributed by atoms with Crippen molar-refractivity contribution >= 4 is 23.8 Å². The molecule has 3 rings (SSSR count). The molecule has 2 heterocycles. The lowest BCUT2D eigenvalue weighted by atomic mass is 10.3. The number of nitrogens with one attached hydrogen (secondary N) is 2. The second kappa shape index (κ2) is 9.34. The third kappa shape index (κ3) is 4.87. The Morgan fingerprint density at radius 2 is 2.14 bits per heavy atom. The van der Waals surface area contributed by atoms with Crippen LogP contribution in [0.2, 0.25) is 0 Å². The molecule has 1 unspecified atom stereocenters. The van der Waals surface area contributed by atoms with E-state index in [1.807, 2.05) is 12.1 Å².